The summed E-state index contributed by atoms with van der Waals surface area (Å²) in [6.45, 7) is 1.86. The molecule has 1 unspecified atom stereocenters. The number of ether oxygens (including phenoxy) is 1. The summed E-state index contributed by atoms with van der Waals surface area (Å²) in [7, 11) is 1.56. The van der Waals surface area contributed by atoms with E-state index < -0.39 is 5.97 Å². The normalized spacial score (nSPS) is 11.8. The van der Waals surface area contributed by atoms with Crippen LogP contribution in [0.3, 0.4) is 0 Å². The van der Waals surface area contributed by atoms with Crippen molar-refractivity contribution in [1.29, 1.82) is 0 Å². The van der Waals surface area contributed by atoms with Gasteiger partial charge in [-0.15, -0.1) is 0 Å². The first-order valence-electron chi connectivity index (χ1n) is 6.30. The van der Waals surface area contributed by atoms with E-state index in [-0.39, 0.29) is 18.4 Å². The number of benzene rings is 1. The van der Waals surface area contributed by atoms with Crippen molar-refractivity contribution < 1.29 is 19.4 Å². The molecule has 6 heteroatoms. The van der Waals surface area contributed by atoms with Crippen LogP contribution < -0.4 is 10.1 Å². The summed E-state index contributed by atoms with van der Waals surface area (Å²) >= 11 is 3.33. The van der Waals surface area contributed by atoms with Gasteiger partial charge in [0.25, 0.3) is 5.91 Å². The molecule has 0 aliphatic rings. The Labute approximate surface area is 126 Å². The molecule has 1 aromatic rings. The van der Waals surface area contributed by atoms with E-state index >= 15 is 0 Å². The summed E-state index contributed by atoms with van der Waals surface area (Å²) in [5.41, 5.74) is 0.530. The van der Waals surface area contributed by atoms with Gasteiger partial charge >= 0.3 is 5.97 Å². The second-order valence-corrected chi connectivity index (χ2v) is 5.36. The zero-order valence-corrected chi connectivity index (χ0v) is 13.1. The van der Waals surface area contributed by atoms with Gasteiger partial charge in [-0.1, -0.05) is 0 Å². The Balaban J connectivity index is 2.53. The molecule has 0 spiro atoms. The maximum atomic E-state index is 12.0. The molecule has 0 aliphatic heterocycles. The van der Waals surface area contributed by atoms with Gasteiger partial charge in [0.15, 0.2) is 0 Å². The molecule has 0 bridgehead atoms. The topological polar surface area (TPSA) is 75.6 Å². The molecule has 0 aliphatic carbocycles. The van der Waals surface area contributed by atoms with E-state index in [2.05, 4.69) is 21.2 Å². The number of amides is 1. The average molecular weight is 344 g/mol. The van der Waals surface area contributed by atoms with Crippen LogP contribution in [0.25, 0.3) is 0 Å². The lowest BCUT2D eigenvalue weighted by Gasteiger charge is -2.14. The Morgan fingerprint density at radius 3 is 2.70 bits per heavy atom. The van der Waals surface area contributed by atoms with Crippen LogP contribution in [0.15, 0.2) is 22.7 Å². The molecule has 0 heterocycles. The van der Waals surface area contributed by atoms with Crippen LogP contribution in [-0.4, -0.2) is 30.1 Å². The molecule has 0 saturated carbocycles. The zero-order valence-electron chi connectivity index (χ0n) is 11.5. The minimum atomic E-state index is -0.817. The van der Waals surface area contributed by atoms with Gasteiger partial charge in [0, 0.05) is 18.0 Å². The van der Waals surface area contributed by atoms with E-state index in [0.29, 0.717) is 28.6 Å². The van der Waals surface area contributed by atoms with E-state index in [4.69, 9.17) is 9.84 Å². The van der Waals surface area contributed by atoms with Gasteiger partial charge in [0.1, 0.15) is 5.75 Å². The second-order valence-electron chi connectivity index (χ2n) is 4.51. The molecule has 1 rings (SSSR count). The number of rotatable bonds is 7. The largest absolute Gasteiger partial charge is 0.496 e. The highest BCUT2D eigenvalue weighted by molar-refractivity contribution is 9.10. The third-order valence-corrected chi connectivity index (χ3v) is 3.44. The molecular formula is C14H18BrNO4. The Hall–Kier alpha value is -1.56. The van der Waals surface area contributed by atoms with Gasteiger partial charge in [-0.3, -0.25) is 9.59 Å². The highest BCUT2D eigenvalue weighted by Gasteiger charge is 2.12. The lowest BCUT2D eigenvalue weighted by molar-refractivity contribution is -0.137. The number of carboxylic acid groups (broad SMARTS) is 1. The van der Waals surface area contributed by atoms with E-state index in [9.17, 15) is 9.59 Å². The third-order valence-electron chi connectivity index (χ3n) is 2.82. The first kappa shape index (κ1) is 16.5. The highest BCUT2D eigenvalue weighted by Crippen LogP contribution is 2.25. The third kappa shape index (κ3) is 5.21. The quantitative estimate of drug-likeness (QED) is 0.798. The summed E-state index contributed by atoms with van der Waals surface area (Å²) in [5, 5.41) is 11.4. The predicted molar refractivity (Wildman–Crippen MR) is 79.1 cm³/mol. The average Bonchev–Trinajstić information content (AvgIpc) is 2.38. The molecule has 0 radical (unpaired) electrons. The maximum absolute atomic E-state index is 12.0. The van der Waals surface area contributed by atoms with Crippen LogP contribution in [0.1, 0.15) is 36.5 Å². The Morgan fingerprint density at radius 1 is 1.45 bits per heavy atom. The maximum Gasteiger partial charge on any atom is 0.303 e. The number of carboxylic acids is 1. The van der Waals surface area contributed by atoms with Crippen molar-refractivity contribution in [1.82, 2.24) is 5.32 Å². The molecule has 0 saturated heterocycles. The Morgan fingerprint density at radius 2 is 2.15 bits per heavy atom. The molecule has 110 valence electrons. The highest BCUT2D eigenvalue weighted by atomic mass is 79.9. The van der Waals surface area contributed by atoms with Gasteiger partial charge in [0.2, 0.25) is 0 Å². The molecule has 1 aromatic carbocycles. The number of carbonyl (C=O) groups excluding carboxylic acids is 1. The second kappa shape index (κ2) is 7.89. The van der Waals surface area contributed by atoms with Gasteiger partial charge in [-0.25, -0.2) is 0 Å². The number of hydrogen-bond donors (Lipinski definition) is 2. The van der Waals surface area contributed by atoms with Crippen LogP contribution in [-0.2, 0) is 4.79 Å². The molecule has 1 atom stereocenters. The summed E-state index contributed by atoms with van der Waals surface area (Å²) in [6.07, 6.45) is 1.30. The van der Waals surface area contributed by atoms with Crippen molar-refractivity contribution >= 4 is 27.8 Å². The number of aliphatic carboxylic acids is 1. The van der Waals surface area contributed by atoms with E-state index in [1.165, 1.54) is 0 Å². The van der Waals surface area contributed by atoms with Crippen molar-refractivity contribution in [3.63, 3.8) is 0 Å². The van der Waals surface area contributed by atoms with Gasteiger partial charge < -0.3 is 15.2 Å². The van der Waals surface area contributed by atoms with Crippen LogP contribution >= 0.6 is 15.9 Å². The fourth-order valence-corrected chi connectivity index (χ4v) is 2.29. The smallest absolute Gasteiger partial charge is 0.303 e. The lowest BCUT2D eigenvalue weighted by atomic mass is 10.1. The minimum absolute atomic E-state index is 0.0669. The van der Waals surface area contributed by atoms with Crippen molar-refractivity contribution in [3.05, 3.63) is 28.2 Å². The number of carbonyl (C=O) groups is 2. The first-order valence-corrected chi connectivity index (χ1v) is 7.09. The standard InChI is InChI=1S/C14H18BrNO4/c1-9(4-3-5-13(17)18)16-14(19)10-6-7-12(20-2)11(15)8-10/h6-9H,3-5H2,1-2H3,(H,16,19)(H,17,18). The van der Waals surface area contributed by atoms with Crippen molar-refractivity contribution in [2.24, 2.45) is 0 Å². The molecule has 1 amide bonds. The van der Waals surface area contributed by atoms with Gasteiger partial charge in [0.05, 0.1) is 11.6 Å². The SMILES string of the molecule is COc1ccc(C(=O)NC(C)CCCC(=O)O)cc1Br. The fraction of sp³-hybridized carbons (Fsp3) is 0.429. The van der Waals surface area contributed by atoms with Crippen molar-refractivity contribution in [2.45, 2.75) is 32.2 Å². The van der Waals surface area contributed by atoms with Crippen molar-refractivity contribution in [3.8, 4) is 5.75 Å². The number of methoxy groups -OCH3 is 1. The molecule has 0 fully saturated rings. The van der Waals surface area contributed by atoms with Gasteiger partial charge in [-0.05, 0) is 53.9 Å². The van der Waals surface area contributed by atoms with Crippen LogP contribution in [0, 0.1) is 0 Å². The molecule has 20 heavy (non-hydrogen) atoms. The zero-order chi connectivity index (χ0) is 15.1. The predicted octanol–water partition coefficient (Wildman–Crippen LogP) is 2.83. The lowest BCUT2D eigenvalue weighted by Crippen LogP contribution is -2.32. The summed E-state index contributed by atoms with van der Waals surface area (Å²) in [4.78, 5) is 22.4. The van der Waals surface area contributed by atoms with E-state index in [1.807, 2.05) is 6.92 Å². The summed E-state index contributed by atoms with van der Waals surface area (Å²) in [6, 6.07) is 5.03. The van der Waals surface area contributed by atoms with Crippen LogP contribution in [0.4, 0.5) is 0 Å². The van der Waals surface area contributed by atoms with Crippen molar-refractivity contribution in [2.75, 3.05) is 7.11 Å². The fourth-order valence-electron chi connectivity index (χ4n) is 1.75. The minimum Gasteiger partial charge on any atom is -0.496 e. The Bertz CT molecular complexity index is 490. The Kier molecular flexibility index (Phi) is 6.51. The number of halogens is 1. The van der Waals surface area contributed by atoms with Crippen LogP contribution in [0.5, 0.6) is 5.75 Å². The molecule has 2 N–H and O–H groups in total. The summed E-state index contributed by atoms with van der Waals surface area (Å²) < 4.78 is 5.82. The first-order chi connectivity index (χ1) is 9.43. The molecule has 0 aromatic heterocycles. The van der Waals surface area contributed by atoms with Crippen LogP contribution in [0.2, 0.25) is 0 Å². The number of nitrogens with one attached hydrogen (secondary N) is 1. The molecular weight excluding hydrogens is 326 g/mol. The van der Waals surface area contributed by atoms with Gasteiger partial charge in [-0.2, -0.15) is 0 Å². The monoisotopic (exact) mass is 343 g/mol. The molecule has 5 nitrogen and oxygen atoms in total. The summed E-state index contributed by atoms with van der Waals surface area (Å²) in [5.74, 6) is -0.338. The van der Waals surface area contributed by atoms with E-state index in [1.54, 1.807) is 25.3 Å². The number of hydrogen-bond acceptors (Lipinski definition) is 3. The van der Waals surface area contributed by atoms with E-state index in [0.717, 1.165) is 0 Å².